The van der Waals surface area contributed by atoms with Crippen molar-refractivity contribution in [3.05, 3.63) is 58.3 Å². The van der Waals surface area contributed by atoms with E-state index in [-0.39, 0.29) is 12.3 Å². The lowest BCUT2D eigenvalue weighted by atomic mass is 10.2. The maximum atomic E-state index is 10.6. The van der Waals surface area contributed by atoms with Gasteiger partial charge in [0.2, 0.25) is 0 Å². The number of rotatable bonds is 4. The summed E-state index contributed by atoms with van der Waals surface area (Å²) in [6, 6.07) is 9.54. The highest BCUT2D eigenvalue weighted by Gasteiger charge is 2.07. The zero-order valence-corrected chi connectivity index (χ0v) is 9.45. The van der Waals surface area contributed by atoms with E-state index in [0.29, 0.717) is 11.6 Å². The van der Waals surface area contributed by atoms with Crippen molar-refractivity contribution >= 4 is 11.5 Å². The number of hydrogen-bond acceptors (Lipinski definition) is 5. The van der Waals surface area contributed by atoms with Crippen molar-refractivity contribution in [2.24, 2.45) is 0 Å². The van der Waals surface area contributed by atoms with Crippen molar-refractivity contribution < 1.29 is 9.66 Å². The molecule has 2 aromatic rings. The van der Waals surface area contributed by atoms with Gasteiger partial charge in [-0.25, -0.2) is 4.98 Å². The topological polar surface area (TPSA) is 91.3 Å². The second-order valence-electron chi connectivity index (χ2n) is 3.59. The molecular formula is C12H11N3O3. The maximum Gasteiger partial charge on any atom is 0.273 e. The van der Waals surface area contributed by atoms with E-state index in [1.807, 2.05) is 0 Å². The quantitative estimate of drug-likeness (QED) is 0.658. The van der Waals surface area contributed by atoms with Gasteiger partial charge in [0.25, 0.3) is 5.69 Å². The van der Waals surface area contributed by atoms with Gasteiger partial charge in [-0.2, -0.15) is 0 Å². The summed E-state index contributed by atoms with van der Waals surface area (Å²) in [6.07, 6.45) is 1.59. The van der Waals surface area contributed by atoms with Crippen LogP contribution in [0.4, 0.5) is 11.5 Å². The van der Waals surface area contributed by atoms with Crippen molar-refractivity contribution in [2.75, 3.05) is 5.73 Å². The van der Waals surface area contributed by atoms with Gasteiger partial charge in [-0.1, -0.05) is 12.1 Å². The first-order valence-electron chi connectivity index (χ1n) is 5.23. The first kappa shape index (κ1) is 11.8. The Labute approximate surface area is 103 Å². The van der Waals surface area contributed by atoms with E-state index >= 15 is 0 Å². The number of nitrogen functional groups attached to an aromatic ring is 1. The molecule has 6 heteroatoms. The second kappa shape index (κ2) is 5.13. The summed E-state index contributed by atoms with van der Waals surface area (Å²) in [5.74, 6) is 0.815. The number of nitrogens with zero attached hydrogens (tertiary/aromatic N) is 2. The Hall–Kier alpha value is -2.63. The highest BCUT2D eigenvalue weighted by Crippen LogP contribution is 2.20. The number of non-ortho nitro benzene ring substituents is 1. The molecule has 92 valence electrons. The molecule has 0 aliphatic rings. The number of benzene rings is 1. The molecule has 0 spiro atoms. The Bertz CT molecular complexity index is 572. The van der Waals surface area contributed by atoms with E-state index in [9.17, 15) is 10.1 Å². The summed E-state index contributed by atoms with van der Waals surface area (Å²) in [4.78, 5) is 14.1. The highest BCUT2D eigenvalue weighted by molar-refractivity contribution is 5.40. The van der Waals surface area contributed by atoms with Gasteiger partial charge in [-0.15, -0.1) is 0 Å². The normalized spacial score (nSPS) is 10.0. The number of ether oxygens (including phenoxy) is 1. The highest BCUT2D eigenvalue weighted by atomic mass is 16.6. The number of pyridine rings is 1. The van der Waals surface area contributed by atoms with Crippen LogP contribution < -0.4 is 10.5 Å². The van der Waals surface area contributed by atoms with Crippen LogP contribution in [0, 0.1) is 10.1 Å². The maximum absolute atomic E-state index is 10.6. The zero-order chi connectivity index (χ0) is 13.0. The van der Waals surface area contributed by atoms with Crippen LogP contribution >= 0.6 is 0 Å². The monoisotopic (exact) mass is 245 g/mol. The third-order valence-corrected chi connectivity index (χ3v) is 2.35. The summed E-state index contributed by atoms with van der Waals surface area (Å²) in [5.41, 5.74) is 6.40. The molecule has 18 heavy (non-hydrogen) atoms. The molecule has 0 amide bonds. The molecule has 1 aromatic heterocycles. The van der Waals surface area contributed by atoms with E-state index in [1.165, 1.54) is 12.1 Å². The first-order valence-corrected chi connectivity index (χ1v) is 5.23. The molecule has 6 nitrogen and oxygen atoms in total. The number of nitro groups is 1. The SMILES string of the molecule is Nc1ncccc1COc1cccc([N+](=O)[O-])c1. The molecular weight excluding hydrogens is 234 g/mol. The average molecular weight is 245 g/mol. The van der Waals surface area contributed by atoms with E-state index in [2.05, 4.69) is 4.98 Å². The molecule has 0 bridgehead atoms. The lowest BCUT2D eigenvalue weighted by Gasteiger charge is -2.07. The fraction of sp³-hybridized carbons (Fsp3) is 0.0833. The van der Waals surface area contributed by atoms with E-state index in [1.54, 1.807) is 30.5 Å². The van der Waals surface area contributed by atoms with Crippen molar-refractivity contribution in [1.29, 1.82) is 0 Å². The molecule has 2 N–H and O–H groups in total. The Kier molecular flexibility index (Phi) is 3.38. The van der Waals surface area contributed by atoms with Gasteiger partial charge in [-0.3, -0.25) is 10.1 Å². The third-order valence-electron chi connectivity index (χ3n) is 2.35. The molecule has 0 aliphatic heterocycles. The van der Waals surface area contributed by atoms with Crippen molar-refractivity contribution in [3.63, 3.8) is 0 Å². The van der Waals surface area contributed by atoms with Crippen molar-refractivity contribution in [2.45, 2.75) is 6.61 Å². The first-order chi connectivity index (χ1) is 8.66. The molecule has 2 rings (SSSR count). The van der Waals surface area contributed by atoms with Gasteiger partial charge >= 0.3 is 0 Å². The Morgan fingerprint density at radius 2 is 2.17 bits per heavy atom. The summed E-state index contributed by atoms with van der Waals surface area (Å²) >= 11 is 0. The standard InChI is InChI=1S/C12H11N3O3/c13-12-9(3-2-6-14-12)8-18-11-5-1-4-10(7-11)15(16)17/h1-7H,8H2,(H2,13,14). The van der Waals surface area contributed by atoms with Gasteiger partial charge in [0.15, 0.2) is 0 Å². The number of aromatic nitrogens is 1. The van der Waals surface area contributed by atoms with E-state index in [4.69, 9.17) is 10.5 Å². The van der Waals surface area contributed by atoms with E-state index < -0.39 is 4.92 Å². The summed E-state index contributed by atoms with van der Waals surface area (Å²) < 4.78 is 5.44. The predicted octanol–water partition coefficient (Wildman–Crippen LogP) is 2.15. The smallest absolute Gasteiger partial charge is 0.273 e. The second-order valence-corrected chi connectivity index (χ2v) is 3.59. The van der Waals surface area contributed by atoms with Crippen LogP contribution in [0.5, 0.6) is 5.75 Å². The molecule has 1 heterocycles. The van der Waals surface area contributed by atoms with E-state index in [0.717, 1.165) is 5.56 Å². The molecule has 0 aliphatic carbocycles. The minimum atomic E-state index is -0.467. The molecule has 0 unspecified atom stereocenters. The van der Waals surface area contributed by atoms with Gasteiger partial charge in [-0.05, 0) is 12.1 Å². The van der Waals surface area contributed by atoms with Crippen LogP contribution in [-0.2, 0) is 6.61 Å². The van der Waals surface area contributed by atoms with Crippen LogP contribution in [0.25, 0.3) is 0 Å². The largest absolute Gasteiger partial charge is 0.489 e. The molecule has 1 aromatic carbocycles. The van der Waals surface area contributed by atoms with Gasteiger partial charge in [0.1, 0.15) is 18.2 Å². The van der Waals surface area contributed by atoms with Crippen LogP contribution in [0.1, 0.15) is 5.56 Å². The third kappa shape index (κ3) is 2.73. The van der Waals surface area contributed by atoms with Crippen LogP contribution in [0.2, 0.25) is 0 Å². The molecule has 0 fully saturated rings. The van der Waals surface area contributed by atoms with Gasteiger partial charge in [0, 0.05) is 17.8 Å². The van der Waals surface area contributed by atoms with Crippen LogP contribution in [-0.4, -0.2) is 9.91 Å². The van der Waals surface area contributed by atoms with Crippen LogP contribution in [0.15, 0.2) is 42.6 Å². The molecule has 0 saturated carbocycles. The van der Waals surface area contributed by atoms with Crippen molar-refractivity contribution in [1.82, 2.24) is 4.98 Å². The Balaban J connectivity index is 2.09. The average Bonchev–Trinajstić information content (AvgIpc) is 2.38. The fourth-order valence-corrected chi connectivity index (χ4v) is 1.42. The molecule has 0 atom stereocenters. The number of anilines is 1. The summed E-state index contributed by atoms with van der Waals surface area (Å²) in [5, 5.41) is 10.6. The van der Waals surface area contributed by atoms with Gasteiger partial charge in [0.05, 0.1) is 11.0 Å². The fourth-order valence-electron chi connectivity index (χ4n) is 1.42. The summed E-state index contributed by atoms with van der Waals surface area (Å²) in [6.45, 7) is 0.223. The molecule has 0 saturated heterocycles. The number of hydrogen-bond donors (Lipinski definition) is 1. The lowest BCUT2D eigenvalue weighted by molar-refractivity contribution is -0.384. The lowest BCUT2D eigenvalue weighted by Crippen LogP contribution is -2.01. The van der Waals surface area contributed by atoms with Gasteiger partial charge < -0.3 is 10.5 Å². The number of nitrogens with two attached hydrogens (primary N) is 1. The molecule has 0 radical (unpaired) electrons. The predicted molar refractivity (Wildman–Crippen MR) is 66.1 cm³/mol. The zero-order valence-electron chi connectivity index (χ0n) is 9.45. The minimum absolute atomic E-state index is 0.00772. The Morgan fingerprint density at radius 3 is 2.89 bits per heavy atom. The van der Waals surface area contributed by atoms with Crippen molar-refractivity contribution in [3.8, 4) is 5.75 Å². The minimum Gasteiger partial charge on any atom is -0.489 e. The summed E-state index contributed by atoms with van der Waals surface area (Å²) in [7, 11) is 0. The number of nitro benzene ring substituents is 1. The Morgan fingerprint density at radius 1 is 1.33 bits per heavy atom. The van der Waals surface area contributed by atoms with Crippen LogP contribution in [0.3, 0.4) is 0 Å².